The van der Waals surface area contributed by atoms with Crippen LogP contribution in [0.4, 0.5) is 4.79 Å². The molecule has 33 heavy (non-hydrogen) atoms. The van der Waals surface area contributed by atoms with Crippen molar-refractivity contribution >= 4 is 23.3 Å². The zero-order valence-corrected chi connectivity index (χ0v) is 19.4. The maximum absolute atomic E-state index is 13.6. The van der Waals surface area contributed by atoms with E-state index in [0.29, 0.717) is 24.5 Å². The fraction of sp³-hybridized carbons (Fsp3) is 0.280. The van der Waals surface area contributed by atoms with E-state index in [9.17, 15) is 9.59 Å². The number of nitrogens with zero attached hydrogens (tertiary/aromatic N) is 1. The summed E-state index contributed by atoms with van der Waals surface area (Å²) in [6.45, 7) is 0.550. The maximum Gasteiger partial charge on any atom is 0.312 e. The topological polar surface area (TPSA) is 93.9 Å². The van der Waals surface area contributed by atoms with Crippen LogP contribution in [0.15, 0.2) is 60.0 Å². The number of urea groups is 1. The third-order valence-electron chi connectivity index (χ3n) is 5.89. The summed E-state index contributed by atoms with van der Waals surface area (Å²) >= 11 is 1.48. The number of amides is 3. The average Bonchev–Trinajstić information content (AvgIpc) is 3.37. The molecule has 1 aliphatic rings. The fourth-order valence-corrected chi connectivity index (χ4v) is 5.16. The molecule has 0 saturated carbocycles. The van der Waals surface area contributed by atoms with Crippen molar-refractivity contribution in [2.45, 2.75) is 24.9 Å². The third-order valence-corrected chi connectivity index (χ3v) is 6.88. The number of primary amides is 1. The summed E-state index contributed by atoms with van der Waals surface area (Å²) in [5.74, 6) is 1.24. The second kappa shape index (κ2) is 9.95. The molecule has 1 aromatic heterocycles. The highest BCUT2D eigenvalue weighted by atomic mass is 32.1. The molecule has 0 radical (unpaired) electrons. The van der Waals surface area contributed by atoms with E-state index in [2.05, 4.69) is 5.32 Å². The van der Waals surface area contributed by atoms with Gasteiger partial charge < -0.3 is 25.4 Å². The van der Waals surface area contributed by atoms with Crippen molar-refractivity contribution in [3.05, 3.63) is 81.5 Å². The largest absolute Gasteiger partial charge is 0.493 e. The molecule has 7 nitrogen and oxygen atoms in total. The summed E-state index contributed by atoms with van der Waals surface area (Å²) in [6.07, 6.45) is 0.813. The van der Waals surface area contributed by atoms with Gasteiger partial charge in [0.25, 0.3) is 0 Å². The Balaban J connectivity index is 1.71. The second-order valence-electron chi connectivity index (χ2n) is 7.84. The lowest BCUT2D eigenvalue weighted by Crippen LogP contribution is -2.43. The van der Waals surface area contributed by atoms with Crippen LogP contribution in [0.5, 0.6) is 11.5 Å². The highest BCUT2D eigenvalue weighted by Gasteiger charge is 2.34. The van der Waals surface area contributed by atoms with Gasteiger partial charge in [0, 0.05) is 11.4 Å². The van der Waals surface area contributed by atoms with E-state index in [0.717, 1.165) is 21.6 Å². The fourth-order valence-electron chi connectivity index (χ4n) is 4.39. The van der Waals surface area contributed by atoms with E-state index < -0.39 is 12.1 Å². The van der Waals surface area contributed by atoms with Gasteiger partial charge in [0.15, 0.2) is 11.5 Å². The smallest absolute Gasteiger partial charge is 0.312 e. The Hall–Kier alpha value is -3.52. The third kappa shape index (κ3) is 4.80. The lowest BCUT2D eigenvalue weighted by Gasteiger charge is -2.39. The molecule has 0 bridgehead atoms. The van der Waals surface area contributed by atoms with E-state index in [1.165, 1.54) is 11.3 Å². The summed E-state index contributed by atoms with van der Waals surface area (Å²) < 4.78 is 11.0. The minimum absolute atomic E-state index is 0.0589. The number of hydrogen-bond acceptors (Lipinski definition) is 5. The number of thiophene rings is 1. The van der Waals surface area contributed by atoms with E-state index >= 15 is 0 Å². The Kier molecular flexibility index (Phi) is 6.84. The van der Waals surface area contributed by atoms with Gasteiger partial charge in [-0.05, 0) is 46.7 Å². The summed E-state index contributed by atoms with van der Waals surface area (Å²) in [4.78, 5) is 28.0. The molecule has 2 unspecified atom stereocenters. The average molecular weight is 466 g/mol. The Morgan fingerprint density at radius 2 is 1.85 bits per heavy atom. The van der Waals surface area contributed by atoms with Crippen LogP contribution in [-0.4, -0.2) is 37.6 Å². The Bertz CT molecular complexity index is 1120. The zero-order valence-electron chi connectivity index (χ0n) is 18.6. The van der Waals surface area contributed by atoms with Crippen LogP contribution in [-0.2, 0) is 11.2 Å². The van der Waals surface area contributed by atoms with Crippen molar-refractivity contribution < 1.29 is 19.1 Å². The van der Waals surface area contributed by atoms with Gasteiger partial charge >= 0.3 is 6.03 Å². The molecule has 3 N–H and O–H groups in total. The minimum Gasteiger partial charge on any atom is -0.493 e. The molecule has 0 spiro atoms. The Morgan fingerprint density at radius 3 is 2.48 bits per heavy atom. The van der Waals surface area contributed by atoms with E-state index in [1.54, 1.807) is 14.2 Å². The molecule has 1 aliphatic heterocycles. The number of carbonyl (C=O) groups excluding carboxylic acids is 2. The lowest BCUT2D eigenvalue weighted by molar-refractivity contribution is -0.133. The molecule has 172 valence electrons. The molecule has 2 atom stereocenters. The van der Waals surface area contributed by atoms with E-state index in [-0.39, 0.29) is 18.4 Å². The van der Waals surface area contributed by atoms with Crippen molar-refractivity contribution in [1.82, 2.24) is 10.2 Å². The molecular formula is C25H27N3O4S. The SMILES string of the molecule is COc1cc2c(cc1OC)C(c1ccccc1)N(C(=O)CC(NC(N)=O)c1cccs1)CC2. The van der Waals surface area contributed by atoms with Gasteiger partial charge in [0.2, 0.25) is 5.91 Å². The van der Waals surface area contributed by atoms with Crippen LogP contribution in [0.25, 0.3) is 0 Å². The molecule has 4 rings (SSSR count). The summed E-state index contributed by atoms with van der Waals surface area (Å²) in [6, 6.07) is 16.3. The van der Waals surface area contributed by atoms with Crippen LogP contribution in [0, 0.1) is 0 Å². The Labute approximate surface area is 197 Å². The molecule has 3 amide bonds. The first-order valence-electron chi connectivity index (χ1n) is 10.7. The van der Waals surface area contributed by atoms with Crippen molar-refractivity contribution in [1.29, 1.82) is 0 Å². The maximum atomic E-state index is 13.6. The quantitative estimate of drug-likeness (QED) is 0.551. The van der Waals surface area contributed by atoms with Gasteiger partial charge in [-0.15, -0.1) is 11.3 Å². The van der Waals surface area contributed by atoms with Gasteiger partial charge in [0.1, 0.15) is 0 Å². The predicted octanol–water partition coefficient (Wildman–Crippen LogP) is 4.04. The first-order valence-corrected chi connectivity index (χ1v) is 11.6. The van der Waals surface area contributed by atoms with Crippen molar-refractivity contribution in [2.75, 3.05) is 20.8 Å². The van der Waals surface area contributed by atoms with Gasteiger partial charge in [-0.1, -0.05) is 36.4 Å². The summed E-state index contributed by atoms with van der Waals surface area (Å²) in [5, 5.41) is 4.64. The zero-order chi connectivity index (χ0) is 23.4. The summed E-state index contributed by atoms with van der Waals surface area (Å²) in [5.41, 5.74) is 8.54. The standard InChI is InChI=1S/C25H27N3O4S/c1-31-20-13-17-10-11-28(23(29)15-19(27-25(26)30)22-9-6-12-33-22)24(16-7-4-3-5-8-16)18(17)14-21(20)32-2/h3-9,12-14,19,24H,10-11,15H2,1-2H3,(H3,26,27,30). The Morgan fingerprint density at radius 1 is 1.12 bits per heavy atom. The molecule has 2 aromatic carbocycles. The number of ether oxygens (including phenoxy) is 2. The summed E-state index contributed by atoms with van der Waals surface area (Å²) in [7, 11) is 3.22. The van der Waals surface area contributed by atoms with Crippen LogP contribution in [0.3, 0.4) is 0 Å². The number of carbonyl (C=O) groups is 2. The van der Waals surface area contributed by atoms with E-state index in [1.807, 2.05) is 64.9 Å². The molecule has 0 fully saturated rings. The highest BCUT2D eigenvalue weighted by Crippen LogP contribution is 2.41. The number of fused-ring (bicyclic) bond motifs is 1. The molecule has 0 saturated heterocycles. The van der Waals surface area contributed by atoms with Gasteiger partial charge in [-0.25, -0.2) is 4.79 Å². The number of nitrogens with two attached hydrogens (primary N) is 1. The molecule has 3 aromatic rings. The van der Waals surface area contributed by atoms with Crippen molar-refractivity contribution in [2.24, 2.45) is 5.73 Å². The van der Waals surface area contributed by atoms with Gasteiger partial charge in [-0.2, -0.15) is 0 Å². The number of hydrogen-bond donors (Lipinski definition) is 2. The van der Waals surface area contributed by atoms with Crippen molar-refractivity contribution in [3.63, 3.8) is 0 Å². The normalized spacial score (nSPS) is 15.9. The first kappa shape index (κ1) is 22.7. The molecular weight excluding hydrogens is 438 g/mol. The number of rotatable bonds is 7. The second-order valence-corrected chi connectivity index (χ2v) is 8.82. The minimum atomic E-state index is -0.651. The van der Waals surface area contributed by atoms with Crippen LogP contribution in [0.1, 0.15) is 40.1 Å². The number of nitrogens with one attached hydrogen (secondary N) is 1. The lowest BCUT2D eigenvalue weighted by atomic mass is 9.87. The molecule has 2 heterocycles. The van der Waals surface area contributed by atoms with Crippen molar-refractivity contribution in [3.8, 4) is 11.5 Å². The van der Waals surface area contributed by atoms with Gasteiger partial charge in [0.05, 0.1) is 32.7 Å². The number of benzene rings is 2. The van der Waals surface area contributed by atoms with Crippen LogP contribution < -0.4 is 20.5 Å². The monoisotopic (exact) mass is 465 g/mol. The molecule has 0 aliphatic carbocycles. The van der Waals surface area contributed by atoms with Crippen LogP contribution in [0.2, 0.25) is 0 Å². The number of methoxy groups -OCH3 is 2. The predicted molar refractivity (Wildman–Crippen MR) is 128 cm³/mol. The highest BCUT2D eigenvalue weighted by molar-refractivity contribution is 7.10. The van der Waals surface area contributed by atoms with Crippen LogP contribution >= 0.6 is 11.3 Å². The molecule has 8 heteroatoms. The van der Waals surface area contributed by atoms with E-state index in [4.69, 9.17) is 15.2 Å². The van der Waals surface area contributed by atoms with Gasteiger partial charge in [-0.3, -0.25) is 4.79 Å². The first-order chi connectivity index (χ1) is 16.0.